The molecular weight excluding hydrogens is 323 g/mol. The van der Waals surface area contributed by atoms with Crippen molar-refractivity contribution in [1.29, 1.82) is 0 Å². The minimum Gasteiger partial charge on any atom is -0.465 e. The van der Waals surface area contributed by atoms with Crippen molar-refractivity contribution in [2.24, 2.45) is 10.9 Å². The first-order valence-corrected chi connectivity index (χ1v) is 8.18. The molecule has 1 rings (SSSR count). The standard InChI is InChI=1S/C15H19FN2O4S/c1-4-21-14(19)10(15(20)22-5-2)9-17-12-8-7-11(16)13(18-12)23-6-3/h7-10H,4-6H2,1-3H3. The molecule has 0 aromatic carbocycles. The molecule has 1 heterocycles. The van der Waals surface area contributed by atoms with Gasteiger partial charge in [0.1, 0.15) is 5.03 Å². The Morgan fingerprint density at radius 1 is 1.26 bits per heavy atom. The first-order valence-electron chi connectivity index (χ1n) is 7.20. The number of ether oxygens (including phenoxy) is 2. The van der Waals surface area contributed by atoms with Crippen molar-refractivity contribution >= 4 is 35.7 Å². The van der Waals surface area contributed by atoms with E-state index in [0.29, 0.717) is 5.75 Å². The molecule has 0 spiro atoms. The Hall–Kier alpha value is -1.96. The van der Waals surface area contributed by atoms with Crippen molar-refractivity contribution < 1.29 is 23.5 Å². The van der Waals surface area contributed by atoms with E-state index < -0.39 is 23.7 Å². The van der Waals surface area contributed by atoms with Crippen molar-refractivity contribution in [2.45, 2.75) is 25.8 Å². The first-order chi connectivity index (χ1) is 11.0. The number of hydrogen-bond acceptors (Lipinski definition) is 7. The zero-order valence-electron chi connectivity index (χ0n) is 13.2. The number of esters is 2. The number of rotatable bonds is 8. The van der Waals surface area contributed by atoms with Crippen molar-refractivity contribution in [2.75, 3.05) is 19.0 Å². The molecule has 23 heavy (non-hydrogen) atoms. The Bertz CT molecular complexity index is 563. The third kappa shape index (κ3) is 5.97. The summed E-state index contributed by atoms with van der Waals surface area (Å²) in [4.78, 5) is 31.6. The van der Waals surface area contributed by atoms with Crippen LogP contribution >= 0.6 is 11.8 Å². The number of aromatic nitrogens is 1. The van der Waals surface area contributed by atoms with E-state index in [4.69, 9.17) is 9.47 Å². The number of pyridine rings is 1. The highest BCUT2D eigenvalue weighted by atomic mass is 32.2. The molecule has 0 saturated carbocycles. The van der Waals surface area contributed by atoms with Crippen molar-refractivity contribution in [3.8, 4) is 0 Å². The fraction of sp³-hybridized carbons (Fsp3) is 0.467. The van der Waals surface area contributed by atoms with E-state index in [1.54, 1.807) is 13.8 Å². The average molecular weight is 342 g/mol. The second-order valence-electron chi connectivity index (χ2n) is 4.15. The summed E-state index contributed by atoms with van der Waals surface area (Å²) in [5.74, 6) is -2.36. The monoisotopic (exact) mass is 342 g/mol. The normalized spacial score (nSPS) is 11.0. The molecule has 0 unspecified atom stereocenters. The van der Waals surface area contributed by atoms with Gasteiger partial charge in [0.05, 0.1) is 13.2 Å². The van der Waals surface area contributed by atoms with Gasteiger partial charge < -0.3 is 9.47 Å². The zero-order valence-corrected chi connectivity index (χ0v) is 14.1. The van der Waals surface area contributed by atoms with E-state index in [0.717, 1.165) is 6.21 Å². The van der Waals surface area contributed by atoms with E-state index in [9.17, 15) is 14.0 Å². The van der Waals surface area contributed by atoms with E-state index >= 15 is 0 Å². The quantitative estimate of drug-likeness (QED) is 0.313. The van der Waals surface area contributed by atoms with Crippen LogP contribution in [0.15, 0.2) is 22.2 Å². The van der Waals surface area contributed by atoms with Crippen LogP contribution in [0.1, 0.15) is 20.8 Å². The number of carbonyl (C=O) groups excluding carboxylic acids is 2. The largest absolute Gasteiger partial charge is 0.465 e. The summed E-state index contributed by atoms with van der Waals surface area (Å²) >= 11 is 1.24. The van der Waals surface area contributed by atoms with Gasteiger partial charge in [-0.3, -0.25) is 9.59 Å². The molecule has 0 radical (unpaired) electrons. The molecule has 1 aromatic heterocycles. The highest BCUT2D eigenvalue weighted by molar-refractivity contribution is 7.99. The SMILES string of the molecule is CCOC(=O)C(C=Nc1ccc(F)c(SCC)n1)C(=O)OCC. The van der Waals surface area contributed by atoms with Crippen LogP contribution in [0.2, 0.25) is 0 Å². The lowest BCUT2D eigenvalue weighted by atomic mass is 10.2. The maximum Gasteiger partial charge on any atom is 0.325 e. The Balaban J connectivity index is 2.97. The van der Waals surface area contributed by atoms with Crippen LogP contribution in [-0.4, -0.2) is 42.1 Å². The fourth-order valence-electron chi connectivity index (χ4n) is 1.56. The smallest absolute Gasteiger partial charge is 0.325 e. The third-order valence-electron chi connectivity index (χ3n) is 2.52. The summed E-state index contributed by atoms with van der Waals surface area (Å²) in [5.41, 5.74) is 0. The summed E-state index contributed by atoms with van der Waals surface area (Å²) in [6.07, 6.45) is 1.11. The molecule has 0 aliphatic heterocycles. The predicted octanol–water partition coefficient (Wildman–Crippen LogP) is 2.78. The summed E-state index contributed by atoms with van der Waals surface area (Å²) < 4.78 is 23.2. The van der Waals surface area contributed by atoms with Crippen LogP contribution in [0.4, 0.5) is 10.2 Å². The van der Waals surface area contributed by atoms with Crippen molar-refractivity contribution in [3.05, 3.63) is 17.9 Å². The van der Waals surface area contributed by atoms with E-state index in [1.807, 2.05) is 6.92 Å². The van der Waals surface area contributed by atoms with Crippen LogP contribution in [0.3, 0.4) is 0 Å². The van der Waals surface area contributed by atoms with E-state index in [1.165, 1.54) is 23.9 Å². The van der Waals surface area contributed by atoms with E-state index in [-0.39, 0.29) is 24.1 Å². The van der Waals surface area contributed by atoms with Gasteiger partial charge in [0, 0.05) is 6.21 Å². The molecule has 0 aliphatic rings. The second-order valence-corrected chi connectivity index (χ2v) is 5.40. The Morgan fingerprint density at radius 2 is 1.87 bits per heavy atom. The van der Waals surface area contributed by atoms with Crippen molar-refractivity contribution in [3.63, 3.8) is 0 Å². The second kappa shape index (κ2) is 9.94. The van der Waals surface area contributed by atoms with E-state index in [2.05, 4.69) is 9.98 Å². The number of nitrogens with zero attached hydrogens (tertiary/aromatic N) is 2. The van der Waals surface area contributed by atoms with Gasteiger partial charge in [-0.2, -0.15) is 0 Å². The lowest BCUT2D eigenvalue weighted by molar-refractivity contribution is -0.157. The van der Waals surface area contributed by atoms with Crippen LogP contribution < -0.4 is 0 Å². The number of halogens is 1. The molecule has 8 heteroatoms. The van der Waals surface area contributed by atoms with Gasteiger partial charge in [-0.05, 0) is 31.7 Å². The maximum absolute atomic E-state index is 13.5. The predicted molar refractivity (Wildman–Crippen MR) is 85.5 cm³/mol. The highest BCUT2D eigenvalue weighted by Gasteiger charge is 2.27. The van der Waals surface area contributed by atoms with Gasteiger partial charge in [-0.25, -0.2) is 14.4 Å². The molecule has 1 aromatic rings. The van der Waals surface area contributed by atoms with Crippen LogP contribution in [0.5, 0.6) is 0 Å². The summed E-state index contributed by atoms with van der Waals surface area (Å²) in [6.45, 7) is 5.41. The Morgan fingerprint density at radius 3 is 2.39 bits per heavy atom. The van der Waals surface area contributed by atoms with Gasteiger partial charge in [0.2, 0.25) is 0 Å². The maximum atomic E-state index is 13.5. The molecular formula is C15H19FN2O4S. The molecule has 0 atom stereocenters. The van der Waals surface area contributed by atoms with Gasteiger partial charge in [0.15, 0.2) is 17.6 Å². The lowest BCUT2D eigenvalue weighted by Gasteiger charge is -2.10. The van der Waals surface area contributed by atoms with Crippen LogP contribution in [-0.2, 0) is 19.1 Å². The topological polar surface area (TPSA) is 77.9 Å². The highest BCUT2D eigenvalue weighted by Crippen LogP contribution is 2.22. The molecule has 0 saturated heterocycles. The number of aliphatic imine (C=N–C) groups is 1. The van der Waals surface area contributed by atoms with Gasteiger partial charge >= 0.3 is 11.9 Å². The summed E-state index contributed by atoms with van der Waals surface area (Å²) in [5, 5.41) is 0.214. The number of hydrogen-bond donors (Lipinski definition) is 0. The minimum absolute atomic E-state index is 0.134. The average Bonchev–Trinajstić information content (AvgIpc) is 2.51. The molecule has 126 valence electrons. The molecule has 0 bridgehead atoms. The fourth-order valence-corrected chi connectivity index (χ4v) is 2.19. The number of carbonyl (C=O) groups is 2. The lowest BCUT2D eigenvalue weighted by Crippen LogP contribution is -2.29. The third-order valence-corrected chi connectivity index (χ3v) is 3.37. The minimum atomic E-state index is -1.27. The molecule has 0 N–H and O–H groups in total. The van der Waals surface area contributed by atoms with Crippen LogP contribution in [0, 0.1) is 11.7 Å². The van der Waals surface area contributed by atoms with Crippen LogP contribution in [0.25, 0.3) is 0 Å². The van der Waals surface area contributed by atoms with Gasteiger partial charge in [-0.15, -0.1) is 11.8 Å². The Labute approximate surface area is 138 Å². The first kappa shape index (κ1) is 19.1. The molecule has 0 amide bonds. The molecule has 6 nitrogen and oxygen atoms in total. The zero-order chi connectivity index (χ0) is 17.2. The van der Waals surface area contributed by atoms with Gasteiger partial charge in [0.25, 0.3) is 0 Å². The molecule has 0 aliphatic carbocycles. The Kier molecular flexibility index (Phi) is 8.25. The molecule has 0 fully saturated rings. The number of thioether (sulfide) groups is 1. The summed E-state index contributed by atoms with van der Waals surface area (Å²) in [6, 6.07) is 2.60. The van der Waals surface area contributed by atoms with Crippen molar-refractivity contribution in [1.82, 2.24) is 4.98 Å². The summed E-state index contributed by atoms with van der Waals surface area (Å²) in [7, 11) is 0. The van der Waals surface area contributed by atoms with Gasteiger partial charge in [-0.1, -0.05) is 6.92 Å².